The van der Waals surface area contributed by atoms with Gasteiger partial charge in [0.2, 0.25) is 0 Å². The first-order valence-electron chi connectivity index (χ1n) is 5.56. The number of nitrogens with zero attached hydrogens (tertiary/aromatic N) is 2. The molecule has 16 heavy (non-hydrogen) atoms. The largest absolute Gasteiger partial charge is 0.374 e. The predicted molar refractivity (Wildman–Crippen MR) is 68.6 cm³/mol. The summed E-state index contributed by atoms with van der Waals surface area (Å²) in [7, 11) is 2.09. The zero-order valence-electron chi connectivity index (χ0n) is 9.77. The molecule has 2 N–H and O–H groups in total. The van der Waals surface area contributed by atoms with E-state index in [1.54, 1.807) is 0 Å². The quantitative estimate of drug-likeness (QED) is 0.853. The number of hydrogen-bond donors (Lipinski definition) is 1. The zero-order valence-corrected chi connectivity index (χ0v) is 9.77. The molecule has 0 amide bonds. The Balaban J connectivity index is 2.68. The molecule has 84 valence electrons. The predicted octanol–water partition coefficient (Wildman–Crippen LogP) is 2.15. The van der Waals surface area contributed by atoms with Crippen LogP contribution in [0.5, 0.6) is 0 Å². The highest BCUT2D eigenvalue weighted by atomic mass is 15.1. The summed E-state index contributed by atoms with van der Waals surface area (Å²) < 4.78 is 0. The van der Waals surface area contributed by atoms with Gasteiger partial charge in [0.05, 0.1) is 11.2 Å². The van der Waals surface area contributed by atoms with Crippen LogP contribution >= 0.6 is 0 Å². The number of rotatable bonds is 3. The van der Waals surface area contributed by atoms with Gasteiger partial charge in [0.15, 0.2) is 0 Å². The molecule has 0 aliphatic rings. The molecule has 0 aliphatic heterocycles. The first-order chi connectivity index (χ1) is 7.76. The minimum atomic E-state index is 0.482. The van der Waals surface area contributed by atoms with Gasteiger partial charge in [-0.3, -0.25) is 4.98 Å². The van der Waals surface area contributed by atoms with Crippen LogP contribution in [0.15, 0.2) is 30.3 Å². The van der Waals surface area contributed by atoms with Crippen LogP contribution in [0.1, 0.15) is 12.6 Å². The third-order valence-corrected chi connectivity index (χ3v) is 2.84. The van der Waals surface area contributed by atoms with Gasteiger partial charge in [-0.05, 0) is 19.1 Å². The van der Waals surface area contributed by atoms with Crippen LogP contribution in [-0.2, 0) is 6.54 Å². The molecule has 0 aliphatic carbocycles. The second-order valence-electron chi connectivity index (χ2n) is 3.87. The third-order valence-electron chi connectivity index (χ3n) is 2.84. The molecular formula is C13H17N3. The van der Waals surface area contributed by atoms with Crippen molar-refractivity contribution in [3.05, 3.63) is 36.0 Å². The minimum Gasteiger partial charge on any atom is -0.374 e. The third kappa shape index (κ3) is 1.86. The van der Waals surface area contributed by atoms with E-state index in [2.05, 4.69) is 36.0 Å². The SMILES string of the molecule is CCN(C)c1cc(CN)nc2ccccc12. The molecule has 3 nitrogen and oxygen atoms in total. The first kappa shape index (κ1) is 10.9. The molecule has 0 atom stereocenters. The number of fused-ring (bicyclic) bond motifs is 1. The van der Waals surface area contributed by atoms with Crippen molar-refractivity contribution < 1.29 is 0 Å². The van der Waals surface area contributed by atoms with Crippen LogP contribution in [-0.4, -0.2) is 18.6 Å². The van der Waals surface area contributed by atoms with E-state index in [1.807, 2.05) is 18.2 Å². The standard InChI is InChI=1S/C13H17N3/c1-3-16(2)13-8-10(9-14)15-12-7-5-4-6-11(12)13/h4-8H,3,9,14H2,1-2H3. The Labute approximate surface area is 95.9 Å². The van der Waals surface area contributed by atoms with Crippen molar-refractivity contribution in [3.63, 3.8) is 0 Å². The summed E-state index contributed by atoms with van der Waals surface area (Å²) >= 11 is 0. The maximum absolute atomic E-state index is 5.67. The number of aromatic nitrogens is 1. The highest BCUT2D eigenvalue weighted by molar-refractivity contribution is 5.91. The lowest BCUT2D eigenvalue weighted by Crippen LogP contribution is -2.17. The maximum atomic E-state index is 5.67. The fraction of sp³-hybridized carbons (Fsp3) is 0.308. The molecule has 1 aromatic carbocycles. The number of pyridine rings is 1. The molecule has 2 aromatic rings. The Bertz CT molecular complexity index is 494. The molecule has 1 heterocycles. The molecular weight excluding hydrogens is 198 g/mol. The molecule has 0 radical (unpaired) electrons. The topological polar surface area (TPSA) is 42.1 Å². The van der Waals surface area contributed by atoms with E-state index in [1.165, 1.54) is 11.1 Å². The van der Waals surface area contributed by atoms with E-state index in [-0.39, 0.29) is 0 Å². The molecule has 3 heteroatoms. The van der Waals surface area contributed by atoms with E-state index in [0.717, 1.165) is 17.8 Å². The second kappa shape index (κ2) is 4.49. The van der Waals surface area contributed by atoms with Crippen molar-refractivity contribution in [2.45, 2.75) is 13.5 Å². The zero-order chi connectivity index (χ0) is 11.5. The van der Waals surface area contributed by atoms with E-state index in [9.17, 15) is 0 Å². The lowest BCUT2D eigenvalue weighted by atomic mass is 10.1. The summed E-state index contributed by atoms with van der Waals surface area (Å²) in [5.74, 6) is 0. The van der Waals surface area contributed by atoms with Crippen LogP contribution in [0.3, 0.4) is 0 Å². The normalized spacial score (nSPS) is 10.7. The van der Waals surface area contributed by atoms with E-state index < -0.39 is 0 Å². The maximum Gasteiger partial charge on any atom is 0.0726 e. The number of benzene rings is 1. The fourth-order valence-electron chi connectivity index (χ4n) is 1.80. The van der Waals surface area contributed by atoms with Gasteiger partial charge in [-0.25, -0.2) is 0 Å². The Morgan fingerprint density at radius 1 is 1.31 bits per heavy atom. The number of para-hydroxylation sites is 1. The van der Waals surface area contributed by atoms with Crippen molar-refractivity contribution in [1.29, 1.82) is 0 Å². The molecule has 1 aromatic heterocycles. The van der Waals surface area contributed by atoms with Crippen molar-refractivity contribution >= 4 is 16.6 Å². The second-order valence-corrected chi connectivity index (χ2v) is 3.87. The molecule has 0 spiro atoms. The molecule has 0 fully saturated rings. The summed E-state index contributed by atoms with van der Waals surface area (Å²) in [6, 6.07) is 10.3. The van der Waals surface area contributed by atoms with Crippen molar-refractivity contribution in [1.82, 2.24) is 4.98 Å². The highest BCUT2D eigenvalue weighted by Gasteiger charge is 2.07. The van der Waals surface area contributed by atoms with Crippen LogP contribution in [0.25, 0.3) is 10.9 Å². The Morgan fingerprint density at radius 2 is 2.06 bits per heavy atom. The Hall–Kier alpha value is -1.61. The lowest BCUT2D eigenvalue weighted by molar-refractivity contribution is 0.955. The summed E-state index contributed by atoms with van der Waals surface area (Å²) in [4.78, 5) is 6.73. The number of nitrogens with two attached hydrogens (primary N) is 1. The van der Waals surface area contributed by atoms with Crippen LogP contribution < -0.4 is 10.6 Å². The molecule has 0 bridgehead atoms. The smallest absolute Gasteiger partial charge is 0.0726 e. The van der Waals surface area contributed by atoms with Gasteiger partial charge in [0, 0.05) is 31.2 Å². The van der Waals surface area contributed by atoms with Gasteiger partial charge >= 0.3 is 0 Å². The van der Waals surface area contributed by atoms with Crippen molar-refractivity contribution in [3.8, 4) is 0 Å². The van der Waals surface area contributed by atoms with Crippen LogP contribution in [0.2, 0.25) is 0 Å². The van der Waals surface area contributed by atoms with Gasteiger partial charge in [-0.15, -0.1) is 0 Å². The minimum absolute atomic E-state index is 0.482. The number of hydrogen-bond acceptors (Lipinski definition) is 3. The van der Waals surface area contributed by atoms with Gasteiger partial charge in [0.25, 0.3) is 0 Å². The average Bonchev–Trinajstić information content (AvgIpc) is 2.36. The van der Waals surface area contributed by atoms with Gasteiger partial charge in [-0.1, -0.05) is 18.2 Å². The van der Waals surface area contributed by atoms with Gasteiger partial charge < -0.3 is 10.6 Å². The van der Waals surface area contributed by atoms with Gasteiger partial charge in [-0.2, -0.15) is 0 Å². The first-order valence-corrected chi connectivity index (χ1v) is 5.56. The van der Waals surface area contributed by atoms with Crippen LogP contribution in [0.4, 0.5) is 5.69 Å². The molecule has 2 rings (SSSR count). The average molecular weight is 215 g/mol. The van der Waals surface area contributed by atoms with E-state index >= 15 is 0 Å². The fourth-order valence-corrected chi connectivity index (χ4v) is 1.80. The number of anilines is 1. The van der Waals surface area contributed by atoms with Crippen molar-refractivity contribution in [2.75, 3.05) is 18.5 Å². The Morgan fingerprint density at radius 3 is 2.75 bits per heavy atom. The highest BCUT2D eigenvalue weighted by Crippen LogP contribution is 2.25. The summed E-state index contributed by atoms with van der Waals surface area (Å²) in [5.41, 5.74) is 8.83. The summed E-state index contributed by atoms with van der Waals surface area (Å²) in [6.07, 6.45) is 0. The van der Waals surface area contributed by atoms with E-state index in [0.29, 0.717) is 6.54 Å². The molecule has 0 saturated carbocycles. The van der Waals surface area contributed by atoms with E-state index in [4.69, 9.17) is 5.73 Å². The monoisotopic (exact) mass is 215 g/mol. The Kier molecular flexibility index (Phi) is 3.06. The molecule has 0 saturated heterocycles. The van der Waals surface area contributed by atoms with Crippen molar-refractivity contribution in [2.24, 2.45) is 5.73 Å². The van der Waals surface area contributed by atoms with Crippen LogP contribution in [0, 0.1) is 0 Å². The summed E-state index contributed by atoms with van der Waals surface area (Å²) in [5, 5.41) is 1.18. The molecule has 0 unspecified atom stereocenters. The van der Waals surface area contributed by atoms with Gasteiger partial charge in [0.1, 0.15) is 0 Å². The summed E-state index contributed by atoms with van der Waals surface area (Å²) in [6.45, 7) is 3.59. The lowest BCUT2D eigenvalue weighted by Gasteiger charge is -2.19.